The molecule has 1 N–H and O–H groups in total. The van der Waals surface area contributed by atoms with Crippen LogP contribution in [-0.4, -0.2) is 53.9 Å². The Morgan fingerprint density at radius 3 is 2.61 bits per heavy atom. The van der Waals surface area contributed by atoms with Crippen molar-refractivity contribution in [1.29, 1.82) is 0 Å². The molecule has 5 rings (SSSR count). The maximum absolute atomic E-state index is 16.5. The third kappa shape index (κ3) is 5.77. The number of para-hydroxylation sites is 1. The summed E-state index contributed by atoms with van der Waals surface area (Å²) >= 11 is 3.49. The maximum Gasteiger partial charge on any atom is 0.330 e. The molecule has 1 aliphatic carbocycles. The molecule has 1 aromatic heterocycles. The van der Waals surface area contributed by atoms with E-state index in [1.807, 2.05) is 24.3 Å². The molecule has 8 nitrogen and oxygen atoms in total. The molecule has 1 atom stereocenters. The van der Waals surface area contributed by atoms with Crippen molar-refractivity contribution >= 4 is 50.5 Å². The average molecular weight is 588 g/mol. The first kappa shape index (κ1) is 26.8. The van der Waals surface area contributed by atoms with Crippen molar-refractivity contribution in [2.75, 3.05) is 25.5 Å². The van der Waals surface area contributed by atoms with E-state index in [4.69, 9.17) is 13.9 Å². The number of carbonyl (C=O) groups is 2. The number of ether oxygens (including phenoxy) is 2. The molecule has 202 valence electrons. The minimum atomic E-state index is -2.51. The van der Waals surface area contributed by atoms with Gasteiger partial charge in [0.2, 0.25) is 5.78 Å². The van der Waals surface area contributed by atoms with E-state index in [2.05, 4.69) is 26.2 Å². The van der Waals surface area contributed by atoms with E-state index in [9.17, 15) is 9.59 Å². The first-order valence-corrected chi connectivity index (χ1v) is 13.8. The van der Waals surface area contributed by atoms with Crippen molar-refractivity contribution in [1.82, 2.24) is 9.88 Å². The molecular formula is C28H31BrFN3O5. The maximum atomic E-state index is 16.5. The number of halogens is 2. The number of ketones is 1. The number of alkyl halides is 1. The van der Waals surface area contributed by atoms with Crippen LogP contribution in [-0.2, 0) is 25.5 Å². The van der Waals surface area contributed by atoms with Crippen molar-refractivity contribution < 1.29 is 27.9 Å². The minimum absolute atomic E-state index is 0.145. The first-order chi connectivity index (χ1) is 18.4. The van der Waals surface area contributed by atoms with Gasteiger partial charge in [-0.05, 0) is 84.3 Å². The number of Topliss-reactive ketones (excluding diaryl/α,β-unsaturated/α-hetero) is 1. The van der Waals surface area contributed by atoms with Gasteiger partial charge in [-0.1, -0.05) is 18.2 Å². The Morgan fingerprint density at radius 1 is 1.16 bits per heavy atom. The Bertz CT molecular complexity index is 1300. The van der Waals surface area contributed by atoms with E-state index >= 15 is 4.39 Å². The Morgan fingerprint density at radius 2 is 1.89 bits per heavy atom. The molecule has 2 aromatic carbocycles. The number of benzene rings is 2. The molecular weight excluding hydrogens is 557 g/mol. The van der Waals surface area contributed by atoms with Crippen LogP contribution in [0.4, 0.5) is 16.1 Å². The summed E-state index contributed by atoms with van der Waals surface area (Å²) in [5, 5.41) is 3.14. The van der Waals surface area contributed by atoms with Crippen molar-refractivity contribution in [2.24, 2.45) is 5.92 Å². The summed E-state index contributed by atoms with van der Waals surface area (Å²) in [6, 6.07) is 13.2. The van der Waals surface area contributed by atoms with Gasteiger partial charge in [0.15, 0.2) is 5.58 Å². The number of anilines is 2. The number of aromatic nitrogens is 1. The van der Waals surface area contributed by atoms with Crippen LogP contribution >= 0.6 is 15.9 Å². The second-order valence-electron chi connectivity index (χ2n) is 9.90. The van der Waals surface area contributed by atoms with E-state index in [-0.39, 0.29) is 18.3 Å². The van der Waals surface area contributed by atoms with Gasteiger partial charge in [0, 0.05) is 24.0 Å². The molecule has 0 radical (unpaired) electrons. The van der Waals surface area contributed by atoms with Crippen LogP contribution in [0.15, 0.2) is 51.4 Å². The lowest BCUT2D eigenvalue weighted by Crippen LogP contribution is -2.54. The molecule has 10 heteroatoms. The zero-order valence-corrected chi connectivity index (χ0v) is 22.8. The number of oxazole rings is 1. The third-order valence-electron chi connectivity index (χ3n) is 7.32. The zero-order chi connectivity index (χ0) is 26.7. The second kappa shape index (κ2) is 11.5. The van der Waals surface area contributed by atoms with Gasteiger partial charge in [-0.15, -0.1) is 0 Å². The van der Waals surface area contributed by atoms with Gasteiger partial charge in [-0.3, -0.25) is 9.59 Å². The lowest BCUT2D eigenvalue weighted by atomic mass is 9.87. The van der Waals surface area contributed by atoms with Gasteiger partial charge in [0.25, 0.3) is 6.01 Å². The number of nitrogens with zero attached hydrogens (tertiary/aromatic N) is 2. The van der Waals surface area contributed by atoms with Crippen molar-refractivity contribution in [2.45, 2.75) is 57.0 Å². The quantitative estimate of drug-likeness (QED) is 0.244. The number of rotatable bonds is 9. The summed E-state index contributed by atoms with van der Waals surface area (Å²) in [6.45, 7) is 0.927. The van der Waals surface area contributed by atoms with Gasteiger partial charge in [0.1, 0.15) is 5.52 Å². The molecule has 38 heavy (non-hydrogen) atoms. The predicted molar refractivity (Wildman–Crippen MR) is 144 cm³/mol. The zero-order valence-electron chi connectivity index (χ0n) is 21.3. The molecule has 1 saturated heterocycles. The highest BCUT2D eigenvalue weighted by atomic mass is 79.9. The molecule has 1 aliphatic heterocycles. The van der Waals surface area contributed by atoms with Gasteiger partial charge < -0.3 is 19.2 Å². The van der Waals surface area contributed by atoms with Crippen LogP contribution in [0.3, 0.4) is 0 Å². The fraction of sp³-hybridized carbons (Fsp3) is 0.464. The summed E-state index contributed by atoms with van der Waals surface area (Å²) in [6.07, 6.45) is 3.17. The third-order valence-corrected chi connectivity index (χ3v) is 8.01. The SMILES string of the molecule is COC(=O)C1CCC(OC(F)(C(=O)Cc2ccc3nc(Nc4ccccc4Br)oc3c2)N2CCCC2)CC1. The van der Waals surface area contributed by atoms with Crippen molar-refractivity contribution in [3.8, 4) is 0 Å². The number of hydrogen-bond donors (Lipinski definition) is 1. The Balaban J connectivity index is 1.29. The highest BCUT2D eigenvalue weighted by Gasteiger charge is 2.48. The molecule has 2 fully saturated rings. The number of likely N-dealkylation sites (tertiary alicyclic amines) is 1. The van der Waals surface area contributed by atoms with Gasteiger partial charge in [0.05, 0.1) is 24.8 Å². The van der Waals surface area contributed by atoms with Crippen LogP contribution in [0.25, 0.3) is 11.1 Å². The Kier molecular flexibility index (Phi) is 8.11. The van der Waals surface area contributed by atoms with Crippen LogP contribution in [0, 0.1) is 5.92 Å². The fourth-order valence-corrected chi connectivity index (χ4v) is 5.61. The molecule has 1 unspecified atom stereocenters. The normalized spacial score (nSPS) is 21.8. The summed E-state index contributed by atoms with van der Waals surface area (Å²) in [7, 11) is 1.37. The van der Waals surface area contributed by atoms with Crippen LogP contribution in [0.1, 0.15) is 44.1 Å². The molecule has 1 saturated carbocycles. The topological polar surface area (TPSA) is 93.9 Å². The fourth-order valence-electron chi connectivity index (χ4n) is 5.23. The van der Waals surface area contributed by atoms with Gasteiger partial charge in [-0.2, -0.15) is 9.37 Å². The highest BCUT2D eigenvalue weighted by molar-refractivity contribution is 9.10. The predicted octanol–water partition coefficient (Wildman–Crippen LogP) is 5.91. The van der Waals surface area contributed by atoms with E-state index in [0.29, 0.717) is 61.5 Å². The van der Waals surface area contributed by atoms with E-state index in [1.165, 1.54) is 12.0 Å². The van der Waals surface area contributed by atoms with Crippen LogP contribution in [0.2, 0.25) is 0 Å². The molecule has 0 amide bonds. The second-order valence-corrected chi connectivity index (χ2v) is 10.8. The number of hydrogen-bond acceptors (Lipinski definition) is 8. The van der Waals surface area contributed by atoms with Crippen molar-refractivity contribution in [3.63, 3.8) is 0 Å². The highest BCUT2D eigenvalue weighted by Crippen LogP contribution is 2.35. The molecule has 0 spiro atoms. The smallest absolute Gasteiger partial charge is 0.330 e. The van der Waals surface area contributed by atoms with E-state index in [1.54, 1.807) is 18.2 Å². The van der Waals surface area contributed by atoms with Gasteiger partial charge in [-0.25, -0.2) is 4.90 Å². The molecule has 3 aromatic rings. The number of fused-ring (bicyclic) bond motifs is 1. The number of carbonyl (C=O) groups excluding carboxylic acids is 2. The van der Waals surface area contributed by atoms with Crippen molar-refractivity contribution in [3.05, 3.63) is 52.5 Å². The van der Waals surface area contributed by atoms with E-state index < -0.39 is 17.9 Å². The Hall–Kier alpha value is -2.82. The number of nitrogens with one attached hydrogen (secondary N) is 1. The lowest BCUT2D eigenvalue weighted by molar-refractivity contribution is -0.252. The Labute approximate surface area is 229 Å². The molecule has 2 heterocycles. The summed E-state index contributed by atoms with van der Waals surface area (Å²) in [5.74, 6) is -3.60. The molecule has 2 aliphatic rings. The summed E-state index contributed by atoms with van der Waals surface area (Å²) in [5.41, 5.74) is 2.54. The number of esters is 1. The summed E-state index contributed by atoms with van der Waals surface area (Å²) < 4.78 is 34.0. The first-order valence-electron chi connectivity index (χ1n) is 13.0. The lowest BCUT2D eigenvalue weighted by Gasteiger charge is -2.37. The van der Waals surface area contributed by atoms with E-state index in [0.717, 1.165) is 23.0 Å². The van der Waals surface area contributed by atoms with Gasteiger partial charge >= 0.3 is 11.9 Å². The van der Waals surface area contributed by atoms with Crippen LogP contribution < -0.4 is 5.32 Å². The summed E-state index contributed by atoms with van der Waals surface area (Å²) in [4.78, 5) is 31.3. The minimum Gasteiger partial charge on any atom is -0.469 e. The standard InChI is InChI=1S/C28H31BrFN3O5/c1-36-26(35)19-9-11-20(12-10-19)38-28(30,33-14-4-5-15-33)25(34)17-18-8-13-23-24(16-18)37-27(32-23)31-22-7-3-2-6-21(22)29/h2-3,6-8,13,16,19-20H,4-5,9-12,14-15,17H2,1H3,(H,31,32). The average Bonchev–Trinajstić information content (AvgIpc) is 3.60. The number of methoxy groups -OCH3 is 1. The van der Waals surface area contributed by atoms with Crippen LogP contribution in [0.5, 0.6) is 0 Å². The largest absolute Gasteiger partial charge is 0.469 e. The molecule has 0 bridgehead atoms. The monoisotopic (exact) mass is 587 g/mol.